The summed E-state index contributed by atoms with van der Waals surface area (Å²) in [6.45, 7) is 4.64. The first-order chi connectivity index (χ1) is 10.7. The molecule has 0 radical (unpaired) electrons. The average Bonchev–Trinajstić information content (AvgIpc) is 3.01. The van der Waals surface area contributed by atoms with Gasteiger partial charge < -0.3 is 15.4 Å². The van der Waals surface area contributed by atoms with Crippen molar-refractivity contribution in [3.8, 4) is 5.69 Å². The average molecular weight is 340 g/mol. The van der Waals surface area contributed by atoms with Crippen LogP contribution in [0, 0.1) is 6.92 Å². The Bertz CT molecular complexity index is 600. The molecule has 0 aliphatic rings. The Balaban J connectivity index is 0.00000264. The predicted octanol–water partition coefficient (Wildman–Crippen LogP) is 0.963. The summed E-state index contributed by atoms with van der Waals surface area (Å²) >= 11 is 0. The van der Waals surface area contributed by atoms with Crippen LogP contribution < -0.4 is 10.6 Å². The third-order valence-corrected chi connectivity index (χ3v) is 3.09. The zero-order valence-electron chi connectivity index (χ0n) is 13.3. The molecule has 1 aromatic carbocycles. The summed E-state index contributed by atoms with van der Waals surface area (Å²) in [5, 5.41) is 13.8. The van der Waals surface area contributed by atoms with E-state index in [-0.39, 0.29) is 18.3 Å². The number of carbonyl (C=O) groups is 1. The number of hydrogen-bond acceptors (Lipinski definition) is 5. The molecule has 0 saturated heterocycles. The second-order valence-corrected chi connectivity index (χ2v) is 4.88. The summed E-state index contributed by atoms with van der Waals surface area (Å²) in [6.07, 6.45) is 1.62. The molecule has 1 aromatic heterocycles. The van der Waals surface area contributed by atoms with Gasteiger partial charge in [-0.3, -0.25) is 4.79 Å². The SMILES string of the molecule is COCCNCCNC(=O)c1cn(-c2ccc(C)cc2)nn1.Cl. The van der Waals surface area contributed by atoms with E-state index < -0.39 is 0 Å². The van der Waals surface area contributed by atoms with E-state index in [9.17, 15) is 4.79 Å². The smallest absolute Gasteiger partial charge is 0.273 e. The summed E-state index contributed by atoms with van der Waals surface area (Å²) in [5.74, 6) is -0.230. The summed E-state index contributed by atoms with van der Waals surface area (Å²) in [6, 6.07) is 7.85. The van der Waals surface area contributed by atoms with Gasteiger partial charge in [0.15, 0.2) is 5.69 Å². The van der Waals surface area contributed by atoms with Gasteiger partial charge in [-0.05, 0) is 19.1 Å². The van der Waals surface area contributed by atoms with Crippen molar-refractivity contribution >= 4 is 18.3 Å². The monoisotopic (exact) mass is 339 g/mol. The fourth-order valence-electron chi connectivity index (χ4n) is 1.85. The van der Waals surface area contributed by atoms with Crippen molar-refractivity contribution in [2.24, 2.45) is 0 Å². The number of nitrogens with zero attached hydrogens (tertiary/aromatic N) is 3. The molecule has 2 rings (SSSR count). The lowest BCUT2D eigenvalue weighted by molar-refractivity contribution is 0.0948. The number of aromatic nitrogens is 3. The number of hydrogen-bond donors (Lipinski definition) is 2. The van der Waals surface area contributed by atoms with Crippen LogP contribution in [0.25, 0.3) is 5.69 Å². The number of nitrogens with one attached hydrogen (secondary N) is 2. The normalized spacial score (nSPS) is 10.2. The number of halogens is 1. The van der Waals surface area contributed by atoms with E-state index in [0.717, 1.165) is 12.2 Å². The Labute approximate surface area is 141 Å². The minimum Gasteiger partial charge on any atom is -0.383 e. The molecule has 2 aromatic rings. The van der Waals surface area contributed by atoms with Gasteiger partial charge in [0.1, 0.15) is 0 Å². The molecule has 0 fully saturated rings. The maximum absolute atomic E-state index is 12.0. The molecule has 0 saturated carbocycles. The molecule has 7 nitrogen and oxygen atoms in total. The highest BCUT2D eigenvalue weighted by Gasteiger charge is 2.10. The van der Waals surface area contributed by atoms with E-state index in [2.05, 4.69) is 20.9 Å². The van der Waals surface area contributed by atoms with E-state index in [4.69, 9.17) is 4.74 Å². The molecule has 0 aliphatic heterocycles. The number of methoxy groups -OCH3 is 1. The van der Waals surface area contributed by atoms with Gasteiger partial charge in [-0.2, -0.15) is 0 Å². The number of rotatable bonds is 8. The fourth-order valence-corrected chi connectivity index (χ4v) is 1.85. The molecular formula is C15H22ClN5O2. The number of benzene rings is 1. The molecule has 1 amide bonds. The summed E-state index contributed by atoms with van der Waals surface area (Å²) in [7, 11) is 1.65. The van der Waals surface area contributed by atoms with Crippen LogP contribution in [0.2, 0.25) is 0 Å². The van der Waals surface area contributed by atoms with Crippen LogP contribution in [0.5, 0.6) is 0 Å². The maximum atomic E-state index is 12.0. The zero-order valence-corrected chi connectivity index (χ0v) is 14.1. The third kappa shape index (κ3) is 5.97. The molecule has 0 aliphatic carbocycles. The highest BCUT2D eigenvalue weighted by molar-refractivity contribution is 5.91. The van der Waals surface area contributed by atoms with Crippen LogP contribution in [0.1, 0.15) is 16.1 Å². The third-order valence-electron chi connectivity index (χ3n) is 3.09. The Morgan fingerprint density at radius 3 is 2.65 bits per heavy atom. The van der Waals surface area contributed by atoms with Crippen LogP contribution in [0.4, 0.5) is 0 Å². The van der Waals surface area contributed by atoms with Gasteiger partial charge in [0.05, 0.1) is 18.5 Å². The fraction of sp³-hybridized carbons (Fsp3) is 0.400. The first-order valence-electron chi connectivity index (χ1n) is 7.18. The molecule has 0 unspecified atom stereocenters. The number of amides is 1. The second-order valence-electron chi connectivity index (χ2n) is 4.88. The summed E-state index contributed by atoms with van der Waals surface area (Å²) in [5.41, 5.74) is 2.35. The maximum Gasteiger partial charge on any atom is 0.273 e. The quantitative estimate of drug-likeness (QED) is 0.700. The standard InChI is InChI=1S/C15H21N5O2.ClH/c1-12-3-5-13(6-4-12)20-11-14(18-19-20)15(21)17-8-7-16-9-10-22-2;/h3-6,11,16H,7-10H2,1-2H3,(H,17,21);1H. The molecule has 8 heteroatoms. The van der Waals surface area contributed by atoms with E-state index in [0.29, 0.717) is 25.4 Å². The van der Waals surface area contributed by atoms with Crippen LogP contribution in [-0.4, -0.2) is 54.3 Å². The first kappa shape index (κ1) is 19.1. The van der Waals surface area contributed by atoms with Gasteiger partial charge in [-0.25, -0.2) is 4.68 Å². The largest absolute Gasteiger partial charge is 0.383 e. The minimum absolute atomic E-state index is 0. The molecule has 0 atom stereocenters. The lowest BCUT2D eigenvalue weighted by atomic mass is 10.2. The first-order valence-corrected chi connectivity index (χ1v) is 7.18. The lowest BCUT2D eigenvalue weighted by Crippen LogP contribution is -2.33. The van der Waals surface area contributed by atoms with Gasteiger partial charge in [0.2, 0.25) is 0 Å². The summed E-state index contributed by atoms with van der Waals surface area (Å²) in [4.78, 5) is 12.0. The molecule has 0 spiro atoms. The van der Waals surface area contributed by atoms with Gasteiger partial charge >= 0.3 is 0 Å². The van der Waals surface area contributed by atoms with Gasteiger partial charge in [-0.15, -0.1) is 17.5 Å². The second kappa shape index (κ2) is 9.94. The summed E-state index contributed by atoms with van der Waals surface area (Å²) < 4.78 is 6.51. The molecule has 126 valence electrons. The Kier molecular flexibility index (Phi) is 8.25. The van der Waals surface area contributed by atoms with E-state index in [1.165, 1.54) is 5.56 Å². The molecule has 0 bridgehead atoms. The van der Waals surface area contributed by atoms with E-state index in [1.54, 1.807) is 18.0 Å². The molecule has 1 heterocycles. The Morgan fingerprint density at radius 2 is 1.96 bits per heavy atom. The molecular weight excluding hydrogens is 318 g/mol. The van der Waals surface area contributed by atoms with E-state index >= 15 is 0 Å². The van der Waals surface area contributed by atoms with Crippen molar-refractivity contribution in [3.05, 3.63) is 41.7 Å². The molecule has 2 N–H and O–H groups in total. The number of ether oxygens (including phenoxy) is 1. The Hall–Kier alpha value is -1.96. The van der Waals surface area contributed by atoms with Crippen LogP contribution in [0.3, 0.4) is 0 Å². The van der Waals surface area contributed by atoms with Crippen molar-refractivity contribution in [1.29, 1.82) is 0 Å². The lowest BCUT2D eigenvalue weighted by Gasteiger charge is -2.04. The van der Waals surface area contributed by atoms with Crippen LogP contribution in [0.15, 0.2) is 30.5 Å². The minimum atomic E-state index is -0.230. The topological polar surface area (TPSA) is 81.1 Å². The van der Waals surface area contributed by atoms with E-state index in [1.807, 2.05) is 31.2 Å². The van der Waals surface area contributed by atoms with Crippen LogP contribution >= 0.6 is 12.4 Å². The highest BCUT2D eigenvalue weighted by Crippen LogP contribution is 2.08. The van der Waals surface area contributed by atoms with Crippen molar-refractivity contribution in [2.45, 2.75) is 6.92 Å². The highest BCUT2D eigenvalue weighted by atomic mass is 35.5. The number of aryl methyl sites for hydroxylation is 1. The van der Waals surface area contributed by atoms with Crippen LogP contribution in [-0.2, 0) is 4.74 Å². The van der Waals surface area contributed by atoms with Gasteiger partial charge in [0.25, 0.3) is 5.91 Å². The molecule has 23 heavy (non-hydrogen) atoms. The number of carbonyl (C=O) groups excluding carboxylic acids is 1. The zero-order chi connectivity index (χ0) is 15.8. The van der Waals surface area contributed by atoms with Gasteiger partial charge in [-0.1, -0.05) is 22.9 Å². The van der Waals surface area contributed by atoms with Crippen molar-refractivity contribution in [2.75, 3.05) is 33.4 Å². The van der Waals surface area contributed by atoms with Crippen molar-refractivity contribution < 1.29 is 9.53 Å². The van der Waals surface area contributed by atoms with Crippen molar-refractivity contribution in [1.82, 2.24) is 25.6 Å². The predicted molar refractivity (Wildman–Crippen MR) is 90.4 cm³/mol. The van der Waals surface area contributed by atoms with Crippen molar-refractivity contribution in [3.63, 3.8) is 0 Å². The van der Waals surface area contributed by atoms with Gasteiger partial charge in [0, 0.05) is 26.7 Å². The Morgan fingerprint density at radius 1 is 1.22 bits per heavy atom.